The minimum absolute atomic E-state index is 0.0735. The number of benzene rings is 1. The minimum atomic E-state index is -0.0830. The molecule has 0 spiro atoms. The third kappa shape index (κ3) is 2.77. The zero-order valence-corrected chi connectivity index (χ0v) is 10.2. The lowest BCUT2D eigenvalue weighted by Crippen LogP contribution is -2.49. The number of aliphatic hydroxyl groups excluding tert-OH is 1. The molecule has 4 heteroatoms. The van der Waals surface area contributed by atoms with Crippen molar-refractivity contribution in [1.82, 2.24) is 0 Å². The van der Waals surface area contributed by atoms with Gasteiger partial charge in [-0.25, -0.2) is 0 Å². The monoisotopic (exact) mass is 236 g/mol. The van der Waals surface area contributed by atoms with E-state index in [9.17, 15) is 0 Å². The van der Waals surface area contributed by atoms with Crippen LogP contribution in [-0.4, -0.2) is 37.0 Å². The summed E-state index contributed by atoms with van der Waals surface area (Å²) in [7, 11) is 0. The van der Waals surface area contributed by atoms with E-state index in [1.807, 2.05) is 12.1 Å². The molecule has 1 aromatic rings. The molecule has 0 saturated carbocycles. The lowest BCUT2D eigenvalue weighted by atomic mass is 10.1. The Hall–Kier alpha value is -1.10. The van der Waals surface area contributed by atoms with Gasteiger partial charge in [-0.2, -0.15) is 0 Å². The second-order valence-electron chi connectivity index (χ2n) is 4.51. The third-order valence-electron chi connectivity index (χ3n) is 3.21. The number of nitrogens with zero attached hydrogens (tertiary/aromatic N) is 1. The van der Waals surface area contributed by atoms with Crippen LogP contribution in [0.1, 0.15) is 12.5 Å². The maximum Gasteiger partial charge on any atom is 0.0981 e. The van der Waals surface area contributed by atoms with Crippen LogP contribution in [0.5, 0.6) is 0 Å². The average molecular weight is 236 g/mol. The van der Waals surface area contributed by atoms with Crippen LogP contribution in [0, 0.1) is 0 Å². The van der Waals surface area contributed by atoms with Gasteiger partial charge >= 0.3 is 0 Å². The Morgan fingerprint density at radius 2 is 2.12 bits per heavy atom. The van der Waals surface area contributed by atoms with Crippen LogP contribution in [0.4, 0.5) is 5.69 Å². The van der Waals surface area contributed by atoms with Gasteiger partial charge in [0.1, 0.15) is 0 Å². The number of aliphatic hydroxyl groups is 1. The molecule has 2 atom stereocenters. The summed E-state index contributed by atoms with van der Waals surface area (Å²) >= 11 is 0. The van der Waals surface area contributed by atoms with Crippen LogP contribution in [0.3, 0.4) is 0 Å². The highest BCUT2D eigenvalue weighted by atomic mass is 16.5. The standard InChI is InChI=1S/C13H20N2O2/c1-10-9-17-13(8-16)7-15(10)12-4-2-11(6-14)3-5-12/h2-5,10,13,16H,6-9,14H2,1H3. The summed E-state index contributed by atoms with van der Waals surface area (Å²) in [5.74, 6) is 0. The molecule has 0 radical (unpaired) electrons. The number of anilines is 1. The van der Waals surface area contributed by atoms with Crippen LogP contribution in [0.2, 0.25) is 0 Å². The van der Waals surface area contributed by atoms with Crippen molar-refractivity contribution in [3.05, 3.63) is 29.8 Å². The Balaban J connectivity index is 2.12. The molecule has 3 N–H and O–H groups in total. The molecule has 1 fully saturated rings. The van der Waals surface area contributed by atoms with Crippen molar-refractivity contribution in [2.75, 3.05) is 24.7 Å². The van der Waals surface area contributed by atoms with Gasteiger partial charge in [0.05, 0.1) is 19.3 Å². The second-order valence-corrected chi connectivity index (χ2v) is 4.51. The first-order chi connectivity index (χ1) is 8.24. The van der Waals surface area contributed by atoms with Gasteiger partial charge in [-0.05, 0) is 24.6 Å². The molecule has 1 heterocycles. The van der Waals surface area contributed by atoms with Gasteiger partial charge in [0.2, 0.25) is 0 Å². The molecule has 0 amide bonds. The summed E-state index contributed by atoms with van der Waals surface area (Å²) in [6, 6.07) is 8.59. The van der Waals surface area contributed by atoms with E-state index in [0.717, 1.165) is 17.8 Å². The number of rotatable bonds is 3. The van der Waals surface area contributed by atoms with E-state index >= 15 is 0 Å². The van der Waals surface area contributed by atoms with E-state index in [1.54, 1.807) is 0 Å². The Bertz CT molecular complexity index is 353. The van der Waals surface area contributed by atoms with Crippen molar-refractivity contribution < 1.29 is 9.84 Å². The maximum absolute atomic E-state index is 9.16. The number of hydrogen-bond donors (Lipinski definition) is 2. The smallest absolute Gasteiger partial charge is 0.0981 e. The van der Waals surface area contributed by atoms with E-state index in [2.05, 4.69) is 24.0 Å². The molecule has 1 aromatic carbocycles. The summed E-state index contributed by atoms with van der Waals surface area (Å²) in [6.45, 7) is 4.16. The average Bonchev–Trinajstić information content (AvgIpc) is 2.39. The summed E-state index contributed by atoms with van der Waals surface area (Å²) in [5.41, 5.74) is 7.88. The van der Waals surface area contributed by atoms with Gasteiger partial charge in [0.15, 0.2) is 0 Å². The van der Waals surface area contributed by atoms with E-state index in [1.165, 1.54) is 0 Å². The molecule has 17 heavy (non-hydrogen) atoms. The third-order valence-corrected chi connectivity index (χ3v) is 3.21. The van der Waals surface area contributed by atoms with Crippen molar-refractivity contribution >= 4 is 5.69 Å². The second kappa shape index (κ2) is 5.49. The lowest BCUT2D eigenvalue weighted by molar-refractivity contribution is -0.0103. The van der Waals surface area contributed by atoms with Crippen molar-refractivity contribution in [3.8, 4) is 0 Å². The van der Waals surface area contributed by atoms with Gasteiger partial charge in [-0.1, -0.05) is 12.1 Å². The highest BCUT2D eigenvalue weighted by Gasteiger charge is 2.25. The summed E-state index contributed by atoms with van der Waals surface area (Å²) < 4.78 is 5.52. The van der Waals surface area contributed by atoms with Crippen LogP contribution >= 0.6 is 0 Å². The Kier molecular flexibility index (Phi) is 3.99. The zero-order chi connectivity index (χ0) is 12.3. The molecule has 0 aliphatic carbocycles. The predicted octanol–water partition coefficient (Wildman–Crippen LogP) is 0.731. The molecule has 0 aromatic heterocycles. The van der Waals surface area contributed by atoms with Crippen LogP contribution in [0.15, 0.2) is 24.3 Å². The molecule has 94 valence electrons. The zero-order valence-electron chi connectivity index (χ0n) is 10.2. The number of nitrogens with two attached hydrogens (primary N) is 1. The topological polar surface area (TPSA) is 58.7 Å². The van der Waals surface area contributed by atoms with Gasteiger partial charge in [0.25, 0.3) is 0 Å². The normalized spacial score (nSPS) is 25.0. The largest absolute Gasteiger partial charge is 0.394 e. The van der Waals surface area contributed by atoms with Crippen LogP contribution in [0.25, 0.3) is 0 Å². The molecule has 0 bridgehead atoms. The maximum atomic E-state index is 9.16. The van der Waals surface area contributed by atoms with Crippen molar-refractivity contribution in [3.63, 3.8) is 0 Å². The van der Waals surface area contributed by atoms with Crippen molar-refractivity contribution in [2.24, 2.45) is 5.73 Å². The van der Waals surface area contributed by atoms with Gasteiger partial charge in [-0.3, -0.25) is 0 Å². The molecule has 2 unspecified atom stereocenters. The van der Waals surface area contributed by atoms with Crippen molar-refractivity contribution in [1.29, 1.82) is 0 Å². The predicted molar refractivity (Wildman–Crippen MR) is 68.0 cm³/mol. The Morgan fingerprint density at radius 3 is 2.71 bits per heavy atom. The van der Waals surface area contributed by atoms with E-state index in [4.69, 9.17) is 15.6 Å². The van der Waals surface area contributed by atoms with E-state index < -0.39 is 0 Å². The molecule has 2 rings (SSSR count). The van der Waals surface area contributed by atoms with Crippen LogP contribution < -0.4 is 10.6 Å². The van der Waals surface area contributed by atoms with Crippen molar-refractivity contribution in [2.45, 2.75) is 25.6 Å². The summed E-state index contributed by atoms with van der Waals surface area (Å²) in [6.07, 6.45) is -0.0830. The molecule has 1 saturated heterocycles. The quantitative estimate of drug-likeness (QED) is 0.812. The molecule has 4 nitrogen and oxygen atoms in total. The fourth-order valence-corrected chi connectivity index (χ4v) is 2.11. The number of morpholine rings is 1. The highest BCUT2D eigenvalue weighted by Crippen LogP contribution is 2.22. The van der Waals surface area contributed by atoms with Crippen LogP contribution in [-0.2, 0) is 11.3 Å². The Labute approximate surface area is 102 Å². The molecule has 1 aliphatic heterocycles. The fraction of sp³-hybridized carbons (Fsp3) is 0.538. The first-order valence-corrected chi connectivity index (χ1v) is 6.02. The first kappa shape index (κ1) is 12.4. The molecule has 1 aliphatic rings. The first-order valence-electron chi connectivity index (χ1n) is 6.02. The number of hydrogen-bond acceptors (Lipinski definition) is 4. The molecular weight excluding hydrogens is 216 g/mol. The summed E-state index contributed by atoms with van der Waals surface area (Å²) in [4.78, 5) is 2.27. The Morgan fingerprint density at radius 1 is 1.41 bits per heavy atom. The van der Waals surface area contributed by atoms with E-state index in [0.29, 0.717) is 19.2 Å². The molecular formula is C13H20N2O2. The SMILES string of the molecule is CC1COC(CO)CN1c1ccc(CN)cc1. The minimum Gasteiger partial charge on any atom is -0.394 e. The fourth-order valence-electron chi connectivity index (χ4n) is 2.11. The summed E-state index contributed by atoms with van der Waals surface area (Å²) in [5, 5.41) is 9.16. The lowest BCUT2D eigenvalue weighted by Gasteiger charge is -2.39. The number of ether oxygens (including phenoxy) is 1. The highest BCUT2D eigenvalue weighted by molar-refractivity contribution is 5.49. The van der Waals surface area contributed by atoms with Gasteiger partial charge in [-0.15, -0.1) is 0 Å². The van der Waals surface area contributed by atoms with Gasteiger partial charge in [0, 0.05) is 24.8 Å². The van der Waals surface area contributed by atoms with Gasteiger partial charge < -0.3 is 20.5 Å². The van der Waals surface area contributed by atoms with E-state index in [-0.39, 0.29) is 12.7 Å².